The topological polar surface area (TPSA) is 58.6 Å². The average Bonchev–Trinajstić information content (AvgIpc) is 2.67. The van der Waals surface area contributed by atoms with Crippen molar-refractivity contribution in [2.24, 2.45) is 0 Å². The summed E-state index contributed by atoms with van der Waals surface area (Å²) < 4.78 is 5.09. The van der Waals surface area contributed by atoms with E-state index in [2.05, 4.69) is 17.4 Å². The number of nitrogens with one attached hydrogen (secondary N) is 1. The molecule has 0 saturated carbocycles. The summed E-state index contributed by atoms with van der Waals surface area (Å²) in [6.07, 6.45) is 2.21. The van der Waals surface area contributed by atoms with Gasteiger partial charge < -0.3 is 15.0 Å². The predicted octanol–water partition coefficient (Wildman–Crippen LogP) is 1.16. The second kappa shape index (κ2) is 5.60. The number of fused-ring (bicyclic) bond motifs is 3. The first-order chi connectivity index (χ1) is 10.2. The molecule has 2 aliphatic heterocycles. The van der Waals surface area contributed by atoms with Crippen LogP contribution in [0.1, 0.15) is 24.1 Å². The molecule has 0 unspecified atom stereocenters. The largest absolute Gasteiger partial charge is 0.461 e. The van der Waals surface area contributed by atoms with Gasteiger partial charge >= 0.3 is 5.97 Å². The Morgan fingerprint density at radius 1 is 1.43 bits per heavy atom. The molecule has 3 rings (SSSR count). The molecular formula is C16H18N2O3. The Morgan fingerprint density at radius 3 is 3.05 bits per heavy atom. The molecule has 0 spiro atoms. The third-order valence-corrected chi connectivity index (χ3v) is 3.94. The highest BCUT2D eigenvalue weighted by molar-refractivity contribution is 5.98. The molecule has 5 nitrogen and oxygen atoms in total. The second-order valence-electron chi connectivity index (χ2n) is 5.15. The van der Waals surface area contributed by atoms with Crippen LogP contribution in [0.3, 0.4) is 0 Å². The maximum absolute atomic E-state index is 12.2. The molecule has 1 N–H and O–H groups in total. The van der Waals surface area contributed by atoms with Crippen LogP contribution in [0, 0.1) is 0 Å². The smallest absolute Gasteiger partial charge is 0.354 e. The van der Waals surface area contributed by atoms with Gasteiger partial charge in [-0.2, -0.15) is 0 Å². The summed E-state index contributed by atoms with van der Waals surface area (Å²) in [4.78, 5) is 26.0. The highest BCUT2D eigenvalue weighted by Crippen LogP contribution is 2.33. The zero-order chi connectivity index (χ0) is 14.8. The van der Waals surface area contributed by atoms with Crippen molar-refractivity contribution in [3.63, 3.8) is 0 Å². The molecule has 2 heterocycles. The van der Waals surface area contributed by atoms with Crippen LogP contribution >= 0.6 is 0 Å². The van der Waals surface area contributed by atoms with E-state index in [1.807, 2.05) is 17.0 Å². The molecule has 1 amide bonds. The zero-order valence-corrected chi connectivity index (χ0v) is 12.0. The molecule has 110 valence electrons. The van der Waals surface area contributed by atoms with Crippen molar-refractivity contribution in [2.45, 2.75) is 19.4 Å². The van der Waals surface area contributed by atoms with Gasteiger partial charge in [0.2, 0.25) is 5.91 Å². The van der Waals surface area contributed by atoms with Gasteiger partial charge in [-0.25, -0.2) is 4.79 Å². The quantitative estimate of drug-likeness (QED) is 0.829. The molecule has 0 aliphatic carbocycles. The van der Waals surface area contributed by atoms with Gasteiger partial charge in [0.25, 0.3) is 0 Å². The van der Waals surface area contributed by atoms with Crippen LogP contribution in [-0.4, -0.2) is 36.5 Å². The van der Waals surface area contributed by atoms with Gasteiger partial charge in [0.15, 0.2) is 0 Å². The van der Waals surface area contributed by atoms with Crippen molar-refractivity contribution < 1.29 is 14.3 Å². The lowest BCUT2D eigenvalue weighted by Crippen LogP contribution is -2.40. The van der Waals surface area contributed by atoms with E-state index in [0.29, 0.717) is 25.4 Å². The van der Waals surface area contributed by atoms with Crippen LogP contribution in [-0.2, 0) is 20.7 Å². The molecule has 0 fully saturated rings. The van der Waals surface area contributed by atoms with Gasteiger partial charge in [-0.15, -0.1) is 0 Å². The maximum Gasteiger partial charge on any atom is 0.354 e. The second-order valence-corrected chi connectivity index (χ2v) is 5.15. The van der Waals surface area contributed by atoms with Crippen molar-refractivity contribution in [3.8, 4) is 0 Å². The standard InChI is InChI=1S/C16H18N2O3/c1-2-21-16(20)13-9-15(19)17-10-14-12-6-4-3-5-11(12)7-8-18(13)14/h3-6,9,14H,2,7-8,10H2,1H3,(H,17,19)/t14-/m1/s1. The van der Waals surface area contributed by atoms with E-state index in [0.717, 1.165) is 6.42 Å². The Labute approximate surface area is 123 Å². The van der Waals surface area contributed by atoms with E-state index in [9.17, 15) is 9.59 Å². The van der Waals surface area contributed by atoms with Crippen molar-refractivity contribution >= 4 is 11.9 Å². The number of hydrogen-bond donors (Lipinski definition) is 1. The van der Waals surface area contributed by atoms with Crippen molar-refractivity contribution in [3.05, 3.63) is 47.2 Å². The number of esters is 1. The highest BCUT2D eigenvalue weighted by Gasteiger charge is 2.34. The fourth-order valence-corrected chi connectivity index (χ4v) is 3.00. The van der Waals surface area contributed by atoms with Gasteiger partial charge in [-0.05, 0) is 24.5 Å². The van der Waals surface area contributed by atoms with Crippen molar-refractivity contribution in [1.82, 2.24) is 10.2 Å². The Bertz CT molecular complexity index is 609. The number of rotatable bonds is 2. The Balaban J connectivity index is 1.99. The lowest BCUT2D eigenvalue weighted by Gasteiger charge is -2.38. The minimum absolute atomic E-state index is 0.0166. The number of hydrogen-bond acceptors (Lipinski definition) is 4. The summed E-state index contributed by atoms with van der Waals surface area (Å²) in [7, 11) is 0. The molecule has 1 atom stereocenters. The van der Waals surface area contributed by atoms with Crippen LogP contribution < -0.4 is 5.32 Å². The Hall–Kier alpha value is -2.30. The number of ether oxygens (including phenoxy) is 1. The van der Waals surface area contributed by atoms with E-state index in [-0.39, 0.29) is 11.9 Å². The SMILES string of the molecule is CCOC(=O)C1=CC(=O)NC[C@@H]2c3ccccc3CCN12. The van der Waals surface area contributed by atoms with Crippen LogP contribution in [0.5, 0.6) is 0 Å². The average molecular weight is 286 g/mol. The highest BCUT2D eigenvalue weighted by atomic mass is 16.5. The lowest BCUT2D eigenvalue weighted by molar-refractivity contribution is -0.141. The molecule has 5 heteroatoms. The minimum Gasteiger partial charge on any atom is -0.461 e. The van der Waals surface area contributed by atoms with Crippen LogP contribution in [0.15, 0.2) is 36.0 Å². The first-order valence-electron chi connectivity index (χ1n) is 7.21. The van der Waals surface area contributed by atoms with Crippen LogP contribution in [0.2, 0.25) is 0 Å². The molecule has 1 aromatic rings. The van der Waals surface area contributed by atoms with E-state index in [1.165, 1.54) is 17.2 Å². The van der Waals surface area contributed by atoms with Crippen LogP contribution in [0.25, 0.3) is 0 Å². The summed E-state index contributed by atoms with van der Waals surface area (Å²) in [6.45, 7) is 3.27. The van der Waals surface area contributed by atoms with E-state index in [1.54, 1.807) is 6.92 Å². The fraction of sp³-hybridized carbons (Fsp3) is 0.375. The third kappa shape index (κ3) is 2.51. The van der Waals surface area contributed by atoms with Gasteiger partial charge in [-0.1, -0.05) is 24.3 Å². The number of amides is 1. The zero-order valence-electron chi connectivity index (χ0n) is 12.0. The first kappa shape index (κ1) is 13.7. The Morgan fingerprint density at radius 2 is 2.24 bits per heavy atom. The Kier molecular flexibility index (Phi) is 3.64. The molecule has 1 aromatic carbocycles. The monoisotopic (exact) mass is 286 g/mol. The minimum atomic E-state index is -0.432. The summed E-state index contributed by atoms with van der Waals surface area (Å²) in [5.74, 6) is -0.677. The first-order valence-corrected chi connectivity index (χ1v) is 7.21. The van der Waals surface area contributed by atoms with E-state index < -0.39 is 5.97 Å². The van der Waals surface area contributed by atoms with Gasteiger partial charge in [0.1, 0.15) is 5.70 Å². The van der Waals surface area contributed by atoms with Crippen molar-refractivity contribution in [2.75, 3.05) is 19.7 Å². The normalized spacial score (nSPS) is 20.6. The summed E-state index contributed by atoms with van der Waals surface area (Å²) in [5, 5.41) is 2.85. The summed E-state index contributed by atoms with van der Waals surface area (Å²) >= 11 is 0. The molecule has 21 heavy (non-hydrogen) atoms. The molecule has 0 aromatic heterocycles. The van der Waals surface area contributed by atoms with Gasteiger partial charge in [0, 0.05) is 19.2 Å². The van der Waals surface area contributed by atoms with Crippen LogP contribution in [0.4, 0.5) is 0 Å². The predicted molar refractivity (Wildman–Crippen MR) is 77.3 cm³/mol. The number of benzene rings is 1. The number of nitrogens with zero attached hydrogens (tertiary/aromatic N) is 1. The van der Waals surface area contributed by atoms with Crippen molar-refractivity contribution in [1.29, 1.82) is 0 Å². The number of carbonyl (C=O) groups is 2. The summed E-state index contributed by atoms with van der Waals surface area (Å²) in [6, 6.07) is 8.16. The summed E-state index contributed by atoms with van der Waals surface area (Å²) in [5.41, 5.74) is 2.80. The molecule has 0 radical (unpaired) electrons. The molecule has 2 aliphatic rings. The van der Waals surface area contributed by atoms with E-state index >= 15 is 0 Å². The van der Waals surface area contributed by atoms with Gasteiger partial charge in [-0.3, -0.25) is 4.79 Å². The molecule has 0 bridgehead atoms. The molecular weight excluding hydrogens is 268 g/mol. The third-order valence-electron chi connectivity index (χ3n) is 3.94. The van der Waals surface area contributed by atoms with Gasteiger partial charge in [0.05, 0.1) is 12.6 Å². The maximum atomic E-state index is 12.2. The lowest BCUT2D eigenvalue weighted by atomic mass is 9.92. The van der Waals surface area contributed by atoms with E-state index in [4.69, 9.17) is 4.74 Å². The number of carbonyl (C=O) groups excluding carboxylic acids is 2. The fourth-order valence-electron chi connectivity index (χ4n) is 3.00. The molecule has 0 saturated heterocycles.